The second-order valence-corrected chi connectivity index (χ2v) is 5.80. The van der Waals surface area contributed by atoms with E-state index in [2.05, 4.69) is 15.6 Å². The molecule has 0 aliphatic carbocycles. The molecule has 9 heteroatoms. The predicted octanol–water partition coefficient (Wildman–Crippen LogP) is 0.869. The minimum atomic E-state index is -0.934. The topological polar surface area (TPSA) is 124 Å². The largest absolute Gasteiger partial charge is 0.465 e. The second kappa shape index (κ2) is 7.00. The van der Waals surface area contributed by atoms with Crippen LogP contribution >= 0.6 is 0 Å². The molecule has 0 saturated carbocycles. The number of hydrogen-bond acceptors (Lipinski definition) is 5. The summed E-state index contributed by atoms with van der Waals surface area (Å²) >= 11 is 0. The molecule has 1 aromatic carbocycles. The Morgan fingerprint density at radius 3 is 3.00 bits per heavy atom. The molecule has 2 heterocycles. The monoisotopic (exact) mass is 340 g/mol. The lowest BCUT2D eigenvalue weighted by molar-refractivity contribution is 0.0942. The number of carboxylic acid groups (broad SMARTS) is 1. The summed E-state index contributed by atoms with van der Waals surface area (Å²) in [5, 5.41) is 28.4. The lowest BCUT2D eigenvalue weighted by Gasteiger charge is -2.12. The lowest BCUT2D eigenvalue weighted by atomic mass is 10.1. The summed E-state index contributed by atoms with van der Waals surface area (Å²) in [7, 11) is 0. The van der Waals surface area contributed by atoms with E-state index >= 15 is 0 Å². The summed E-state index contributed by atoms with van der Waals surface area (Å²) < 4.78 is 1.43. The number of hydrogen-bond donors (Lipinski definition) is 2. The first-order chi connectivity index (χ1) is 12.1. The predicted molar refractivity (Wildman–Crippen MR) is 86.1 cm³/mol. The highest BCUT2D eigenvalue weighted by Gasteiger charge is 2.26. The third-order valence-electron chi connectivity index (χ3n) is 4.07. The van der Waals surface area contributed by atoms with Gasteiger partial charge in [0.1, 0.15) is 0 Å². The normalized spacial score (nSPS) is 16.4. The maximum atomic E-state index is 12.2. The van der Waals surface area contributed by atoms with Gasteiger partial charge in [-0.15, -0.1) is 5.10 Å². The Bertz CT molecular complexity index is 840. The average Bonchev–Trinajstić information content (AvgIpc) is 3.29. The third kappa shape index (κ3) is 3.74. The number of carbonyl (C=O) groups excluding carboxylic acids is 1. The van der Waals surface area contributed by atoms with Crippen LogP contribution in [0.4, 0.5) is 4.79 Å². The van der Waals surface area contributed by atoms with Crippen molar-refractivity contribution in [2.75, 3.05) is 19.6 Å². The van der Waals surface area contributed by atoms with Crippen molar-refractivity contribution in [1.29, 1.82) is 5.26 Å². The molecule has 0 unspecified atom stereocenters. The van der Waals surface area contributed by atoms with E-state index in [9.17, 15) is 9.59 Å². The van der Waals surface area contributed by atoms with Crippen molar-refractivity contribution in [3.63, 3.8) is 0 Å². The SMILES string of the molecule is N#Cc1cccc(-n2cc(C(=O)NC[C@H]3CCN(C(=O)O)C3)nn2)c1. The van der Waals surface area contributed by atoms with Crippen molar-refractivity contribution in [1.82, 2.24) is 25.2 Å². The van der Waals surface area contributed by atoms with E-state index < -0.39 is 6.09 Å². The number of carbonyl (C=O) groups is 2. The van der Waals surface area contributed by atoms with Crippen molar-refractivity contribution >= 4 is 12.0 Å². The van der Waals surface area contributed by atoms with Crippen LogP contribution in [0, 0.1) is 17.2 Å². The molecule has 0 bridgehead atoms. The molecule has 2 aromatic rings. The van der Waals surface area contributed by atoms with Crippen LogP contribution in [0.5, 0.6) is 0 Å². The summed E-state index contributed by atoms with van der Waals surface area (Å²) in [6, 6.07) is 8.85. The molecule has 25 heavy (non-hydrogen) atoms. The number of nitrogens with one attached hydrogen (secondary N) is 1. The maximum absolute atomic E-state index is 12.2. The maximum Gasteiger partial charge on any atom is 0.407 e. The fourth-order valence-corrected chi connectivity index (χ4v) is 2.71. The Hall–Kier alpha value is -3.41. The molecule has 0 radical (unpaired) electrons. The van der Waals surface area contributed by atoms with E-state index in [4.69, 9.17) is 10.4 Å². The van der Waals surface area contributed by atoms with Gasteiger partial charge in [0.05, 0.1) is 23.5 Å². The van der Waals surface area contributed by atoms with Gasteiger partial charge in [0.25, 0.3) is 5.91 Å². The zero-order chi connectivity index (χ0) is 17.8. The van der Waals surface area contributed by atoms with E-state index in [1.165, 1.54) is 15.8 Å². The van der Waals surface area contributed by atoms with Crippen molar-refractivity contribution in [3.8, 4) is 11.8 Å². The molecule has 3 rings (SSSR count). The average molecular weight is 340 g/mol. The third-order valence-corrected chi connectivity index (χ3v) is 4.07. The zero-order valence-electron chi connectivity index (χ0n) is 13.3. The first-order valence-electron chi connectivity index (χ1n) is 7.76. The Balaban J connectivity index is 1.59. The van der Waals surface area contributed by atoms with Gasteiger partial charge in [-0.05, 0) is 30.5 Å². The van der Waals surface area contributed by atoms with Crippen molar-refractivity contribution in [2.24, 2.45) is 5.92 Å². The Morgan fingerprint density at radius 2 is 2.28 bits per heavy atom. The van der Waals surface area contributed by atoms with Crippen LogP contribution in [0.15, 0.2) is 30.5 Å². The smallest absolute Gasteiger partial charge is 0.407 e. The molecule has 1 aliphatic rings. The van der Waals surface area contributed by atoms with Crippen LogP contribution in [0.3, 0.4) is 0 Å². The molecule has 1 saturated heterocycles. The first kappa shape index (κ1) is 16.4. The van der Waals surface area contributed by atoms with Gasteiger partial charge in [0.2, 0.25) is 0 Å². The number of benzene rings is 1. The first-order valence-corrected chi connectivity index (χ1v) is 7.76. The second-order valence-electron chi connectivity index (χ2n) is 5.80. The van der Waals surface area contributed by atoms with Gasteiger partial charge in [-0.1, -0.05) is 11.3 Å². The molecule has 1 fully saturated rings. The van der Waals surface area contributed by atoms with Gasteiger partial charge < -0.3 is 15.3 Å². The zero-order valence-corrected chi connectivity index (χ0v) is 13.3. The van der Waals surface area contributed by atoms with E-state index in [-0.39, 0.29) is 17.5 Å². The molecule has 128 valence electrons. The van der Waals surface area contributed by atoms with Crippen LogP contribution in [-0.2, 0) is 0 Å². The summed E-state index contributed by atoms with van der Waals surface area (Å²) in [4.78, 5) is 24.4. The molecule has 2 N–H and O–H groups in total. The summed E-state index contributed by atoms with van der Waals surface area (Å²) in [6.07, 6.45) is 1.28. The van der Waals surface area contributed by atoms with Gasteiger partial charge in [-0.2, -0.15) is 5.26 Å². The summed E-state index contributed by atoms with van der Waals surface area (Å²) in [6.45, 7) is 1.30. The number of rotatable bonds is 4. The van der Waals surface area contributed by atoms with Crippen molar-refractivity contribution in [2.45, 2.75) is 6.42 Å². The summed E-state index contributed by atoms with van der Waals surface area (Å²) in [5.74, 6) is -0.265. The Labute approximate surface area is 143 Å². The molecule has 2 amide bonds. The van der Waals surface area contributed by atoms with Crippen LogP contribution in [0.25, 0.3) is 5.69 Å². The van der Waals surface area contributed by atoms with Crippen LogP contribution in [0.2, 0.25) is 0 Å². The number of aromatic nitrogens is 3. The van der Waals surface area contributed by atoms with Gasteiger partial charge >= 0.3 is 6.09 Å². The minimum Gasteiger partial charge on any atom is -0.465 e. The van der Waals surface area contributed by atoms with Gasteiger partial charge in [0, 0.05) is 19.6 Å². The van der Waals surface area contributed by atoms with E-state index in [0.717, 1.165) is 6.42 Å². The number of nitrogens with zero attached hydrogens (tertiary/aromatic N) is 5. The fraction of sp³-hybridized carbons (Fsp3) is 0.312. The molecule has 1 atom stereocenters. The molecular weight excluding hydrogens is 324 g/mol. The molecular formula is C16H16N6O3. The number of likely N-dealkylation sites (tertiary alicyclic amines) is 1. The van der Waals surface area contributed by atoms with Crippen molar-refractivity contribution in [3.05, 3.63) is 41.7 Å². The Morgan fingerprint density at radius 1 is 1.44 bits per heavy atom. The molecule has 0 spiro atoms. The van der Waals surface area contributed by atoms with Crippen LogP contribution in [-0.4, -0.2) is 56.6 Å². The highest BCUT2D eigenvalue weighted by Crippen LogP contribution is 2.15. The lowest BCUT2D eigenvalue weighted by Crippen LogP contribution is -2.32. The van der Waals surface area contributed by atoms with Gasteiger partial charge in [-0.25, -0.2) is 9.48 Å². The van der Waals surface area contributed by atoms with Crippen molar-refractivity contribution < 1.29 is 14.7 Å². The summed E-state index contributed by atoms with van der Waals surface area (Å²) in [5.41, 5.74) is 1.29. The number of amides is 2. The van der Waals surface area contributed by atoms with Crippen LogP contribution < -0.4 is 5.32 Å². The van der Waals surface area contributed by atoms with E-state index in [0.29, 0.717) is 30.9 Å². The van der Waals surface area contributed by atoms with Gasteiger partial charge in [-0.3, -0.25) is 4.79 Å². The minimum absolute atomic E-state index is 0.0994. The number of nitriles is 1. The molecule has 1 aliphatic heterocycles. The molecule has 1 aromatic heterocycles. The van der Waals surface area contributed by atoms with Crippen LogP contribution in [0.1, 0.15) is 22.5 Å². The van der Waals surface area contributed by atoms with E-state index in [1.54, 1.807) is 24.3 Å². The highest BCUT2D eigenvalue weighted by molar-refractivity contribution is 5.91. The standard InChI is InChI=1S/C16H16N6O3/c17-7-11-2-1-3-13(6-11)22-10-14(19-20-22)15(23)18-8-12-4-5-21(9-12)16(24)25/h1-3,6,10,12H,4-5,8-9H2,(H,18,23)(H,24,25)/t12-/m1/s1. The van der Waals surface area contributed by atoms with E-state index in [1.807, 2.05) is 6.07 Å². The highest BCUT2D eigenvalue weighted by atomic mass is 16.4. The molecule has 9 nitrogen and oxygen atoms in total. The quantitative estimate of drug-likeness (QED) is 0.851. The Kier molecular flexibility index (Phi) is 4.61. The fourth-order valence-electron chi connectivity index (χ4n) is 2.71. The van der Waals surface area contributed by atoms with Gasteiger partial charge in [0.15, 0.2) is 5.69 Å².